The van der Waals surface area contributed by atoms with E-state index in [1.807, 2.05) is 19.1 Å². The molecule has 1 aromatic heterocycles. The Labute approximate surface area is 157 Å². The van der Waals surface area contributed by atoms with Crippen LogP contribution in [-0.4, -0.2) is 71.0 Å². The van der Waals surface area contributed by atoms with Crippen molar-refractivity contribution in [2.75, 3.05) is 39.4 Å². The van der Waals surface area contributed by atoms with Crippen molar-refractivity contribution < 1.29 is 19.1 Å². The van der Waals surface area contributed by atoms with Crippen LogP contribution in [0, 0.1) is 0 Å². The van der Waals surface area contributed by atoms with E-state index in [1.54, 1.807) is 21.9 Å². The summed E-state index contributed by atoms with van der Waals surface area (Å²) in [6.07, 6.45) is 4.46. The van der Waals surface area contributed by atoms with Gasteiger partial charge in [0.25, 0.3) is 11.8 Å². The second-order valence-corrected chi connectivity index (χ2v) is 5.93. The highest BCUT2D eigenvalue weighted by atomic mass is 16.5. The average molecular weight is 370 g/mol. The zero-order valence-electron chi connectivity index (χ0n) is 15.2. The van der Waals surface area contributed by atoms with Gasteiger partial charge in [0.1, 0.15) is 5.69 Å². The molecule has 8 heteroatoms. The number of amides is 2. The van der Waals surface area contributed by atoms with Crippen molar-refractivity contribution in [1.29, 1.82) is 0 Å². The van der Waals surface area contributed by atoms with Crippen molar-refractivity contribution >= 4 is 11.8 Å². The Hall–Kier alpha value is -3.16. The Morgan fingerprint density at radius 3 is 2.30 bits per heavy atom. The minimum atomic E-state index is -0.169. The van der Waals surface area contributed by atoms with Crippen molar-refractivity contribution in [2.24, 2.45) is 0 Å². The van der Waals surface area contributed by atoms with Gasteiger partial charge in [-0.05, 0) is 19.1 Å². The predicted octanol–water partition coefficient (Wildman–Crippen LogP) is 1.24. The monoisotopic (exact) mass is 370 g/mol. The van der Waals surface area contributed by atoms with Crippen LogP contribution in [-0.2, 0) is 4.79 Å². The maximum Gasteiger partial charge on any atom is 0.274 e. The maximum atomic E-state index is 12.4. The fraction of sp³-hybridized carbons (Fsp3) is 0.368. The van der Waals surface area contributed by atoms with Gasteiger partial charge in [-0.2, -0.15) is 0 Å². The third kappa shape index (κ3) is 4.72. The molecule has 1 fully saturated rings. The standard InChI is InChI=1S/C19H22N4O4/c1-2-26-16-5-3-4-6-17(16)27-14-18(24)22-9-11-23(12-10-22)19(25)15-13-20-7-8-21-15/h3-8,13H,2,9-12,14H2,1H3. The van der Waals surface area contributed by atoms with Gasteiger partial charge >= 0.3 is 0 Å². The lowest BCUT2D eigenvalue weighted by molar-refractivity contribution is -0.134. The molecule has 1 aliphatic heterocycles. The van der Waals surface area contributed by atoms with Crippen molar-refractivity contribution in [3.8, 4) is 11.5 Å². The first-order valence-electron chi connectivity index (χ1n) is 8.86. The van der Waals surface area contributed by atoms with E-state index in [9.17, 15) is 9.59 Å². The highest BCUT2D eigenvalue weighted by Gasteiger charge is 2.25. The highest BCUT2D eigenvalue weighted by Crippen LogP contribution is 2.26. The van der Waals surface area contributed by atoms with E-state index in [0.29, 0.717) is 50.0 Å². The number of nitrogens with zero attached hydrogens (tertiary/aromatic N) is 4. The zero-order valence-corrected chi connectivity index (χ0v) is 15.2. The van der Waals surface area contributed by atoms with Crippen molar-refractivity contribution in [3.05, 3.63) is 48.5 Å². The topological polar surface area (TPSA) is 84.9 Å². The first kappa shape index (κ1) is 18.6. The molecule has 2 amide bonds. The molecule has 0 radical (unpaired) electrons. The van der Waals surface area contributed by atoms with Crippen LogP contribution in [0.2, 0.25) is 0 Å². The van der Waals surface area contributed by atoms with Crippen LogP contribution in [0.4, 0.5) is 0 Å². The highest BCUT2D eigenvalue weighted by molar-refractivity contribution is 5.92. The number of hydrogen-bond donors (Lipinski definition) is 0. The van der Waals surface area contributed by atoms with E-state index >= 15 is 0 Å². The molecule has 1 aliphatic rings. The summed E-state index contributed by atoms with van der Waals surface area (Å²) in [5.41, 5.74) is 0.313. The minimum Gasteiger partial charge on any atom is -0.490 e. The van der Waals surface area contributed by atoms with E-state index < -0.39 is 0 Å². The lowest BCUT2D eigenvalue weighted by Crippen LogP contribution is -2.51. The minimum absolute atomic E-state index is 0.0673. The van der Waals surface area contributed by atoms with E-state index in [0.717, 1.165) is 0 Å². The molecule has 0 bridgehead atoms. The smallest absolute Gasteiger partial charge is 0.274 e. The summed E-state index contributed by atoms with van der Waals surface area (Å²) in [7, 11) is 0. The molecule has 0 aliphatic carbocycles. The molecule has 0 saturated carbocycles. The number of para-hydroxylation sites is 2. The van der Waals surface area contributed by atoms with Crippen LogP contribution in [0.15, 0.2) is 42.9 Å². The Balaban J connectivity index is 1.50. The van der Waals surface area contributed by atoms with Crippen LogP contribution in [0.3, 0.4) is 0 Å². The SMILES string of the molecule is CCOc1ccccc1OCC(=O)N1CCN(C(=O)c2cnccn2)CC1. The number of benzene rings is 1. The number of carbonyl (C=O) groups is 2. The lowest BCUT2D eigenvalue weighted by Gasteiger charge is -2.34. The van der Waals surface area contributed by atoms with Gasteiger partial charge in [0.05, 0.1) is 12.8 Å². The van der Waals surface area contributed by atoms with Crippen LogP contribution in [0.5, 0.6) is 11.5 Å². The van der Waals surface area contributed by atoms with Crippen molar-refractivity contribution in [3.63, 3.8) is 0 Å². The lowest BCUT2D eigenvalue weighted by atomic mass is 10.2. The first-order valence-corrected chi connectivity index (χ1v) is 8.86. The van der Waals surface area contributed by atoms with Crippen molar-refractivity contribution in [2.45, 2.75) is 6.92 Å². The van der Waals surface area contributed by atoms with E-state index in [2.05, 4.69) is 9.97 Å². The number of piperazine rings is 1. The molecule has 0 spiro atoms. The average Bonchev–Trinajstić information content (AvgIpc) is 2.73. The van der Waals surface area contributed by atoms with Gasteiger partial charge in [-0.3, -0.25) is 14.6 Å². The van der Waals surface area contributed by atoms with Gasteiger partial charge in [-0.1, -0.05) is 12.1 Å². The van der Waals surface area contributed by atoms with Crippen LogP contribution >= 0.6 is 0 Å². The second-order valence-electron chi connectivity index (χ2n) is 5.93. The van der Waals surface area contributed by atoms with Crippen LogP contribution in [0.1, 0.15) is 17.4 Å². The van der Waals surface area contributed by atoms with E-state index in [4.69, 9.17) is 9.47 Å². The third-order valence-corrected chi connectivity index (χ3v) is 4.20. The summed E-state index contributed by atoms with van der Waals surface area (Å²) in [6.45, 7) is 4.18. The fourth-order valence-corrected chi connectivity index (χ4v) is 2.81. The second kappa shape index (κ2) is 8.98. The Kier molecular flexibility index (Phi) is 6.19. The van der Waals surface area contributed by atoms with E-state index in [1.165, 1.54) is 18.6 Å². The number of ether oxygens (including phenoxy) is 2. The molecule has 2 aromatic rings. The van der Waals surface area contributed by atoms with Gasteiger partial charge in [0.15, 0.2) is 18.1 Å². The Morgan fingerprint density at radius 1 is 1.00 bits per heavy atom. The Bertz CT molecular complexity index is 776. The molecule has 1 aromatic carbocycles. The molecule has 142 valence electrons. The molecule has 0 atom stereocenters. The molecular weight excluding hydrogens is 348 g/mol. The molecule has 2 heterocycles. The third-order valence-electron chi connectivity index (χ3n) is 4.20. The summed E-state index contributed by atoms with van der Waals surface area (Å²) in [5, 5.41) is 0. The van der Waals surface area contributed by atoms with Gasteiger partial charge in [0.2, 0.25) is 0 Å². The summed E-state index contributed by atoms with van der Waals surface area (Å²) in [5.74, 6) is 0.876. The molecule has 0 N–H and O–H groups in total. The molecule has 8 nitrogen and oxygen atoms in total. The van der Waals surface area contributed by atoms with Gasteiger partial charge in [-0.15, -0.1) is 0 Å². The molecular formula is C19H22N4O4. The normalized spacial score (nSPS) is 14.0. The largest absolute Gasteiger partial charge is 0.490 e. The molecule has 1 saturated heterocycles. The van der Waals surface area contributed by atoms with Crippen molar-refractivity contribution in [1.82, 2.24) is 19.8 Å². The van der Waals surface area contributed by atoms with Crippen LogP contribution in [0.25, 0.3) is 0 Å². The van der Waals surface area contributed by atoms with Crippen LogP contribution < -0.4 is 9.47 Å². The molecule has 27 heavy (non-hydrogen) atoms. The first-order chi connectivity index (χ1) is 13.2. The summed E-state index contributed by atoms with van der Waals surface area (Å²) >= 11 is 0. The van der Waals surface area contributed by atoms with Gasteiger partial charge < -0.3 is 19.3 Å². The number of aromatic nitrogens is 2. The number of rotatable bonds is 6. The summed E-state index contributed by atoms with van der Waals surface area (Å²) in [6, 6.07) is 7.27. The fourth-order valence-electron chi connectivity index (χ4n) is 2.81. The molecule has 0 unspecified atom stereocenters. The zero-order chi connectivity index (χ0) is 19.1. The summed E-state index contributed by atoms with van der Waals surface area (Å²) < 4.78 is 11.1. The predicted molar refractivity (Wildman–Crippen MR) is 97.6 cm³/mol. The van der Waals surface area contributed by atoms with Gasteiger partial charge in [0, 0.05) is 38.6 Å². The van der Waals surface area contributed by atoms with Gasteiger partial charge in [-0.25, -0.2) is 4.98 Å². The maximum absolute atomic E-state index is 12.4. The number of hydrogen-bond acceptors (Lipinski definition) is 6. The van der Waals surface area contributed by atoms with E-state index in [-0.39, 0.29) is 18.4 Å². The number of carbonyl (C=O) groups excluding carboxylic acids is 2. The Morgan fingerprint density at radius 2 is 1.67 bits per heavy atom. The quantitative estimate of drug-likeness (QED) is 0.761. The molecule has 3 rings (SSSR count). The summed E-state index contributed by atoms with van der Waals surface area (Å²) in [4.78, 5) is 36.1.